The van der Waals surface area contributed by atoms with Gasteiger partial charge in [-0.3, -0.25) is 4.98 Å². The van der Waals surface area contributed by atoms with Gasteiger partial charge in [-0.1, -0.05) is 16.3 Å². The average molecular weight is 369 g/mol. The van der Waals surface area contributed by atoms with Crippen molar-refractivity contribution in [1.29, 1.82) is 0 Å². The average Bonchev–Trinajstić information content (AvgIpc) is 3.28. The Hall–Kier alpha value is -2.54. The van der Waals surface area contributed by atoms with Gasteiger partial charge in [0.1, 0.15) is 0 Å². The zero-order chi connectivity index (χ0) is 18.7. The minimum absolute atomic E-state index is 0.466. The zero-order valence-corrected chi connectivity index (χ0v) is 16.3. The molecule has 2 aromatic heterocycles. The molecule has 3 N–H and O–H groups in total. The molecule has 3 rings (SSSR count). The molecule has 0 aromatic carbocycles. The minimum Gasteiger partial charge on any atom is -0.397 e. The second-order valence-electron chi connectivity index (χ2n) is 6.29. The molecule has 0 aliphatic carbocycles. The van der Waals surface area contributed by atoms with E-state index in [-0.39, 0.29) is 0 Å². The summed E-state index contributed by atoms with van der Waals surface area (Å²) in [6, 6.07) is 3.74. The third-order valence-corrected chi connectivity index (χ3v) is 5.65. The Balaban J connectivity index is 1.88. The Labute approximate surface area is 157 Å². The van der Waals surface area contributed by atoms with Crippen LogP contribution in [0.3, 0.4) is 0 Å². The summed E-state index contributed by atoms with van der Waals surface area (Å²) in [6.45, 7) is 6.35. The third kappa shape index (κ3) is 3.67. The Morgan fingerprint density at radius 3 is 2.85 bits per heavy atom. The van der Waals surface area contributed by atoms with E-state index in [0.717, 1.165) is 33.9 Å². The highest BCUT2D eigenvalue weighted by atomic mass is 32.2. The van der Waals surface area contributed by atoms with Crippen LogP contribution in [0.1, 0.15) is 33.1 Å². The van der Waals surface area contributed by atoms with Crippen LogP contribution in [-0.2, 0) is 0 Å². The third-order valence-electron chi connectivity index (χ3n) is 4.53. The maximum atomic E-state index is 6.42. The summed E-state index contributed by atoms with van der Waals surface area (Å²) < 4.78 is 5.45. The van der Waals surface area contributed by atoms with E-state index in [9.17, 15) is 0 Å². The van der Waals surface area contributed by atoms with Gasteiger partial charge in [0.25, 0.3) is 5.89 Å². The highest BCUT2D eigenvalue weighted by Crippen LogP contribution is 2.41. The Morgan fingerprint density at radius 1 is 1.35 bits per heavy atom. The lowest BCUT2D eigenvalue weighted by atomic mass is 10.00. The van der Waals surface area contributed by atoms with Gasteiger partial charge >= 0.3 is 0 Å². The lowest BCUT2D eigenvalue weighted by Gasteiger charge is -2.11. The summed E-state index contributed by atoms with van der Waals surface area (Å²) in [4.78, 5) is 9.43. The number of pyridine rings is 1. The van der Waals surface area contributed by atoms with Crippen LogP contribution in [0.15, 0.2) is 57.2 Å². The maximum absolute atomic E-state index is 6.42. The fourth-order valence-electron chi connectivity index (χ4n) is 2.75. The lowest BCUT2D eigenvalue weighted by Crippen LogP contribution is -2.06. The number of nitrogens with one attached hydrogen (secondary N) is 1. The first kappa shape index (κ1) is 18.3. The van der Waals surface area contributed by atoms with E-state index in [0.29, 0.717) is 11.7 Å². The van der Waals surface area contributed by atoms with Crippen LogP contribution < -0.4 is 11.1 Å². The summed E-state index contributed by atoms with van der Waals surface area (Å²) in [5.41, 5.74) is 12.9. The van der Waals surface area contributed by atoms with Gasteiger partial charge in [-0.2, -0.15) is 4.98 Å². The van der Waals surface area contributed by atoms with Crippen molar-refractivity contribution in [2.45, 2.75) is 27.2 Å². The number of nitrogens with two attached hydrogens (primary N) is 1. The molecule has 3 heterocycles. The Kier molecular flexibility index (Phi) is 5.46. The molecule has 1 aliphatic rings. The number of allylic oxidation sites excluding steroid dienone is 4. The highest BCUT2D eigenvalue weighted by Gasteiger charge is 2.26. The topological polar surface area (TPSA) is 89.9 Å². The van der Waals surface area contributed by atoms with Gasteiger partial charge in [-0.15, -0.1) is 11.8 Å². The number of hydrogen-bond donors (Lipinski definition) is 2. The van der Waals surface area contributed by atoms with E-state index in [1.165, 1.54) is 16.8 Å². The van der Waals surface area contributed by atoms with Gasteiger partial charge in [0, 0.05) is 36.5 Å². The van der Waals surface area contributed by atoms with Crippen LogP contribution in [0, 0.1) is 0 Å². The smallest absolute Gasteiger partial charge is 0.266 e. The first-order valence-corrected chi connectivity index (χ1v) is 9.40. The van der Waals surface area contributed by atoms with Crippen molar-refractivity contribution in [2.75, 3.05) is 12.8 Å². The summed E-state index contributed by atoms with van der Waals surface area (Å²) in [6.07, 6.45) is 4.31. The van der Waals surface area contributed by atoms with Crippen molar-refractivity contribution < 1.29 is 4.52 Å². The van der Waals surface area contributed by atoms with Gasteiger partial charge in [-0.25, -0.2) is 0 Å². The molecule has 7 heteroatoms. The molecule has 136 valence electrons. The van der Waals surface area contributed by atoms with Crippen LogP contribution in [-0.4, -0.2) is 27.9 Å². The van der Waals surface area contributed by atoms with Gasteiger partial charge in [0.05, 0.1) is 10.6 Å². The van der Waals surface area contributed by atoms with Crippen LogP contribution in [0.25, 0.3) is 16.3 Å². The van der Waals surface area contributed by atoms with Gasteiger partial charge in [0.2, 0.25) is 5.82 Å². The predicted octanol–water partition coefficient (Wildman–Crippen LogP) is 3.73. The van der Waals surface area contributed by atoms with Gasteiger partial charge < -0.3 is 15.6 Å². The lowest BCUT2D eigenvalue weighted by molar-refractivity contribution is 0.410. The van der Waals surface area contributed by atoms with Crippen molar-refractivity contribution in [3.8, 4) is 11.4 Å². The monoisotopic (exact) mass is 369 g/mol. The van der Waals surface area contributed by atoms with Gasteiger partial charge in [-0.05, 0) is 44.9 Å². The van der Waals surface area contributed by atoms with Crippen molar-refractivity contribution in [1.82, 2.24) is 20.4 Å². The van der Waals surface area contributed by atoms with Crippen molar-refractivity contribution in [3.63, 3.8) is 0 Å². The minimum atomic E-state index is 0.466. The summed E-state index contributed by atoms with van der Waals surface area (Å²) >= 11 is 1.64. The van der Waals surface area contributed by atoms with E-state index in [4.69, 9.17) is 10.3 Å². The Bertz CT molecular complexity index is 896. The van der Waals surface area contributed by atoms with Crippen molar-refractivity contribution >= 4 is 16.7 Å². The Morgan fingerprint density at radius 2 is 2.15 bits per heavy atom. The normalized spacial score (nSPS) is 17.4. The summed E-state index contributed by atoms with van der Waals surface area (Å²) in [5.74, 6) is 1.81. The van der Waals surface area contributed by atoms with E-state index >= 15 is 0 Å². The maximum Gasteiger partial charge on any atom is 0.266 e. The van der Waals surface area contributed by atoms with Gasteiger partial charge in [0.15, 0.2) is 0 Å². The second-order valence-corrected chi connectivity index (χ2v) is 7.27. The molecule has 0 radical (unpaired) electrons. The van der Waals surface area contributed by atoms with Crippen molar-refractivity contribution in [3.05, 3.63) is 58.5 Å². The molecule has 0 spiro atoms. The SMILES string of the molecule is CN/C(C)=C(/C)C/C(C)=C1\CSC(c2nc(-c3cccnc3)no2)=C1N. The fourth-order valence-corrected chi connectivity index (χ4v) is 3.92. The number of hydrogen-bond acceptors (Lipinski definition) is 7. The number of aromatic nitrogens is 3. The quantitative estimate of drug-likeness (QED) is 0.830. The molecule has 0 fully saturated rings. The van der Waals surface area contributed by atoms with E-state index < -0.39 is 0 Å². The first-order chi connectivity index (χ1) is 12.5. The first-order valence-electron chi connectivity index (χ1n) is 8.41. The van der Waals surface area contributed by atoms with E-state index in [1.807, 2.05) is 19.2 Å². The number of thioether (sulfide) groups is 1. The molecule has 0 atom stereocenters. The molecular formula is C19H23N5OS. The standard InChI is InChI=1S/C19H23N5OS/c1-11(13(3)21-4)8-12(2)15-10-26-17(16(15)20)19-23-18(24-25-19)14-6-5-7-22-9-14/h5-7,9,21H,8,10,20H2,1-4H3/b13-11-,15-12+. The summed E-state index contributed by atoms with van der Waals surface area (Å²) in [7, 11) is 1.94. The highest BCUT2D eigenvalue weighted by molar-refractivity contribution is 8.08. The molecule has 0 bridgehead atoms. The largest absolute Gasteiger partial charge is 0.397 e. The van der Waals surface area contributed by atoms with Crippen LogP contribution in [0.4, 0.5) is 0 Å². The second kappa shape index (κ2) is 7.78. The van der Waals surface area contributed by atoms with Crippen LogP contribution >= 0.6 is 11.8 Å². The molecule has 1 aliphatic heterocycles. The molecule has 26 heavy (non-hydrogen) atoms. The zero-order valence-electron chi connectivity index (χ0n) is 15.5. The molecule has 0 saturated carbocycles. The van der Waals surface area contributed by atoms with Crippen LogP contribution in [0.2, 0.25) is 0 Å². The summed E-state index contributed by atoms with van der Waals surface area (Å²) in [5, 5.41) is 7.25. The molecule has 6 nitrogen and oxygen atoms in total. The number of rotatable bonds is 5. The van der Waals surface area contributed by atoms with E-state index in [2.05, 4.69) is 41.2 Å². The van der Waals surface area contributed by atoms with Crippen LogP contribution in [0.5, 0.6) is 0 Å². The molecule has 0 amide bonds. The molecular weight excluding hydrogens is 346 g/mol. The molecule has 2 aromatic rings. The predicted molar refractivity (Wildman–Crippen MR) is 106 cm³/mol. The number of nitrogens with zero attached hydrogens (tertiary/aromatic N) is 3. The molecule has 0 unspecified atom stereocenters. The van der Waals surface area contributed by atoms with E-state index in [1.54, 1.807) is 24.2 Å². The molecule has 0 saturated heterocycles. The van der Waals surface area contributed by atoms with Crippen molar-refractivity contribution in [2.24, 2.45) is 5.73 Å². The fraction of sp³-hybridized carbons (Fsp3) is 0.316.